The number of nitrogens with two attached hydrogens (primary N) is 1. The van der Waals surface area contributed by atoms with Crippen molar-refractivity contribution >= 4 is 23.3 Å². The van der Waals surface area contributed by atoms with E-state index in [4.69, 9.17) is 17.3 Å². The van der Waals surface area contributed by atoms with Crippen LogP contribution in [0, 0.1) is 0 Å². The maximum absolute atomic E-state index is 11.0. The quantitative estimate of drug-likeness (QED) is 0.816. The van der Waals surface area contributed by atoms with Crippen molar-refractivity contribution in [2.24, 2.45) is 5.73 Å². The summed E-state index contributed by atoms with van der Waals surface area (Å²) in [5.74, 6) is 0.0837. The molecular weight excluding hydrogens is 274 g/mol. The van der Waals surface area contributed by atoms with E-state index in [-0.39, 0.29) is 0 Å². The molecule has 1 aliphatic rings. The minimum atomic E-state index is -0.519. The Morgan fingerprint density at radius 3 is 3.00 bits per heavy atom. The van der Waals surface area contributed by atoms with E-state index in [1.54, 1.807) is 6.07 Å². The predicted octanol–water partition coefficient (Wildman–Crippen LogP) is 3.53. The number of hydrogen-bond acceptors (Lipinski definition) is 3. The molecule has 1 heterocycles. The summed E-state index contributed by atoms with van der Waals surface area (Å²) in [6.07, 6.45) is 11.1. The molecule has 1 aromatic rings. The topological polar surface area (TPSA) is 68.0 Å². The van der Waals surface area contributed by atoms with Crippen molar-refractivity contribution in [2.75, 3.05) is 11.9 Å². The van der Waals surface area contributed by atoms with Gasteiger partial charge in [0.15, 0.2) is 0 Å². The molecule has 0 fully saturated rings. The van der Waals surface area contributed by atoms with Crippen LogP contribution in [0.3, 0.4) is 0 Å². The van der Waals surface area contributed by atoms with Crippen LogP contribution in [0.1, 0.15) is 48.9 Å². The van der Waals surface area contributed by atoms with Crippen molar-refractivity contribution in [3.8, 4) is 0 Å². The molecule has 0 saturated carbocycles. The van der Waals surface area contributed by atoms with Gasteiger partial charge >= 0.3 is 0 Å². The molecule has 0 atom stereocenters. The Morgan fingerprint density at radius 1 is 1.40 bits per heavy atom. The van der Waals surface area contributed by atoms with Crippen LogP contribution in [0.4, 0.5) is 5.82 Å². The van der Waals surface area contributed by atoms with Crippen LogP contribution >= 0.6 is 11.6 Å². The molecule has 0 unspecified atom stereocenters. The molecule has 2 rings (SSSR count). The van der Waals surface area contributed by atoms with Gasteiger partial charge < -0.3 is 11.1 Å². The summed E-state index contributed by atoms with van der Waals surface area (Å²) >= 11 is 6.07. The number of pyridine rings is 1. The van der Waals surface area contributed by atoms with E-state index in [0.717, 1.165) is 13.0 Å². The van der Waals surface area contributed by atoms with E-state index < -0.39 is 5.91 Å². The van der Waals surface area contributed by atoms with Gasteiger partial charge in [-0.2, -0.15) is 0 Å². The minimum absolute atomic E-state index is 0.326. The Hall–Kier alpha value is -1.55. The monoisotopic (exact) mass is 293 g/mol. The van der Waals surface area contributed by atoms with Crippen molar-refractivity contribution in [3.63, 3.8) is 0 Å². The third-order valence-electron chi connectivity index (χ3n) is 3.50. The summed E-state index contributed by atoms with van der Waals surface area (Å²) in [4.78, 5) is 15.2. The number of carbonyl (C=O) groups is 1. The molecule has 0 aromatic carbocycles. The highest BCUT2D eigenvalue weighted by Gasteiger charge is 2.07. The fourth-order valence-electron chi connectivity index (χ4n) is 2.35. The van der Waals surface area contributed by atoms with E-state index in [1.165, 1.54) is 43.9 Å². The highest BCUT2D eigenvalue weighted by molar-refractivity contribution is 6.33. The number of allylic oxidation sites excluding steroid dienone is 1. The number of rotatable bonds is 5. The highest BCUT2D eigenvalue weighted by atomic mass is 35.5. The fourth-order valence-corrected chi connectivity index (χ4v) is 2.59. The van der Waals surface area contributed by atoms with Gasteiger partial charge in [0.05, 0.1) is 10.6 Å². The molecule has 0 saturated heterocycles. The summed E-state index contributed by atoms with van der Waals surface area (Å²) in [6.45, 7) is 0.800. The van der Waals surface area contributed by atoms with E-state index in [2.05, 4.69) is 16.4 Å². The molecule has 0 aliphatic heterocycles. The zero-order valence-corrected chi connectivity index (χ0v) is 12.2. The Kier molecular flexibility index (Phi) is 5.41. The van der Waals surface area contributed by atoms with Crippen molar-refractivity contribution < 1.29 is 4.79 Å². The number of anilines is 1. The molecule has 1 amide bonds. The lowest BCUT2D eigenvalue weighted by Gasteiger charge is -2.09. The maximum atomic E-state index is 11.0. The Labute approximate surface area is 124 Å². The molecule has 5 heteroatoms. The summed E-state index contributed by atoms with van der Waals surface area (Å²) < 4.78 is 0. The van der Waals surface area contributed by atoms with E-state index in [1.807, 2.05) is 0 Å². The van der Waals surface area contributed by atoms with Gasteiger partial charge in [0.1, 0.15) is 5.82 Å². The summed E-state index contributed by atoms with van der Waals surface area (Å²) in [5.41, 5.74) is 7.02. The average Bonchev–Trinajstić information content (AvgIpc) is 2.69. The van der Waals surface area contributed by atoms with Gasteiger partial charge in [-0.05, 0) is 38.2 Å². The molecule has 4 nitrogen and oxygen atoms in total. The van der Waals surface area contributed by atoms with Gasteiger partial charge in [-0.3, -0.25) is 4.79 Å². The Bertz CT molecular complexity index is 514. The molecular formula is C15H20ClN3O. The van der Waals surface area contributed by atoms with Crippen LogP contribution in [0.2, 0.25) is 5.02 Å². The van der Waals surface area contributed by atoms with Gasteiger partial charge in [-0.15, -0.1) is 0 Å². The third kappa shape index (κ3) is 4.23. The maximum Gasteiger partial charge on any atom is 0.250 e. The number of amides is 1. The second kappa shape index (κ2) is 7.29. The van der Waals surface area contributed by atoms with Crippen molar-refractivity contribution in [1.82, 2.24) is 4.98 Å². The minimum Gasteiger partial charge on any atom is -0.369 e. The molecule has 3 N–H and O–H groups in total. The second-order valence-electron chi connectivity index (χ2n) is 5.06. The lowest BCUT2D eigenvalue weighted by molar-refractivity contribution is 0.1000. The zero-order valence-electron chi connectivity index (χ0n) is 11.5. The first kappa shape index (κ1) is 14.9. The van der Waals surface area contributed by atoms with Crippen LogP contribution in [0.15, 0.2) is 23.9 Å². The molecule has 1 aromatic heterocycles. The summed E-state index contributed by atoms with van der Waals surface area (Å²) in [7, 11) is 0. The fraction of sp³-hybridized carbons (Fsp3) is 0.467. The van der Waals surface area contributed by atoms with Gasteiger partial charge in [-0.1, -0.05) is 29.7 Å². The number of carbonyl (C=O) groups excluding carboxylic acids is 1. The number of nitrogens with one attached hydrogen (secondary N) is 1. The van der Waals surface area contributed by atoms with Crippen LogP contribution in [0.5, 0.6) is 0 Å². The molecule has 0 spiro atoms. The van der Waals surface area contributed by atoms with E-state index in [9.17, 15) is 4.79 Å². The van der Waals surface area contributed by atoms with Crippen molar-refractivity contribution in [3.05, 3.63) is 34.5 Å². The number of hydrogen-bond donors (Lipinski definition) is 2. The second-order valence-corrected chi connectivity index (χ2v) is 5.46. The molecule has 0 radical (unpaired) electrons. The number of aromatic nitrogens is 1. The predicted molar refractivity (Wildman–Crippen MR) is 82.0 cm³/mol. The average molecular weight is 294 g/mol. The molecule has 0 bridgehead atoms. The number of halogens is 1. The van der Waals surface area contributed by atoms with Crippen LogP contribution in [-0.2, 0) is 0 Å². The van der Waals surface area contributed by atoms with Gasteiger partial charge in [-0.25, -0.2) is 4.98 Å². The summed E-state index contributed by atoms with van der Waals surface area (Å²) in [6, 6.07) is 1.55. The Balaban J connectivity index is 1.87. The van der Waals surface area contributed by atoms with E-state index >= 15 is 0 Å². The molecule has 108 valence electrons. The first-order valence-electron chi connectivity index (χ1n) is 7.04. The lowest BCUT2D eigenvalue weighted by Crippen LogP contribution is -2.12. The van der Waals surface area contributed by atoms with Gasteiger partial charge in [0.2, 0.25) is 5.91 Å². The molecule has 1 aliphatic carbocycles. The van der Waals surface area contributed by atoms with E-state index in [0.29, 0.717) is 16.4 Å². The van der Waals surface area contributed by atoms with Crippen molar-refractivity contribution in [2.45, 2.75) is 38.5 Å². The van der Waals surface area contributed by atoms with Crippen molar-refractivity contribution in [1.29, 1.82) is 0 Å². The largest absolute Gasteiger partial charge is 0.369 e. The van der Waals surface area contributed by atoms with Crippen LogP contribution < -0.4 is 11.1 Å². The number of primary amides is 1. The SMILES string of the molecule is NC(=O)c1cnc(NCCC2=CCCCCC2)c(Cl)c1. The van der Waals surface area contributed by atoms with Gasteiger partial charge in [0.25, 0.3) is 0 Å². The third-order valence-corrected chi connectivity index (χ3v) is 3.79. The van der Waals surface area contributed by atoms with Gasteiger partial charge in [0, 0.05) is 12.7 Å². The first-order chi connectivity index (χ1) is 9.66. The number of nitrogens with zero attached hydrogens (tertiary/aromatic N) is 1. The smallest absolute Gasteiger partial charge is 0.250 e. The highest BCUT2D eigenvalue weighted by Crippen LogP contribution is 2.22. The van der Waals surface area contributed by atoms with Crippen LogP contribution in [0.25, 0.3) is 0 Å². The van der Waals surface area contributed by atoms with Crippen LogP contribution in [-0.4, -0.2) is 17.4 Å². The first-order valence-corrected chi connectivity index (χ1v) is 7.42. The summed E-state index contributed by atoms with van der Waals surface area (Å²) in [5, 5.41) is 3.64. The lowest BCUT2D eigenvalue weighted by atomic mass is 10.1. The molecule has 20 heavy (non-hydrogen) atoms. The standard InChI is InChI=1S/C15H20ClN3O/c16-13-9-12(14(17)20)10-19-15(13)18-8-7-11-5-3-1-2-4-6-11/h5,9-10H,1-4,6-8H2,(H2,17,20)(H,18,19). The Morgan fingerprint density at radius 2 is 2.25 bits per heavy atom. The zero-order chi connectivity index (χ0) is 14.4. The normalized spacial score (nSPS) is 15.3.